The first-order chi connectivity index (χ1) is 15.9. The molecule has 4 heterocycles. The van der Waals surface area contributed by atoms with Crippen LogP contribution < -0.4 is 0 Å². The first kappa shape index (κ1) is 22.2. The Balaban J connectivity index is 1.14. The number of β-amino-alcohol motifs (C(OH)–C–C–N with tert-alkyl or cyclic N) is 1. The normalized spacial score (nSPS) is 22.4. The Kier molecular flexibility index (Phi) is 6.01. The molecule has 1 N–H and O–H groups in total. The quantitative estimate of drug-likeness (QED) is 0.739. The SMILES string of the molecule is CC1=C(N2CCC3(CCN(C[C@H](O)c4ccc(-n5cnnn5)nc4C)CC3)CC2)CCC1=O. The van der Waals surface area contributed by atoms with Crippen LogP contribution in [-0.4, -0.2) is 78.6 Å². The van der Waals surface area contributed by atoms with E-state index in [-0.39, 0.29) is 0 Å². The van der Waals surface area contributed by atoms with E-state index in [0.29, 0.717) is 30.0 Å². The van der Waals surface area contributed by atoms with Crippen molar-refractivity contribution in [1.29, 1.82) is 0 Å². The molecule has 1 spiro atoms. The molecule has 2 aromatic rings. The molecule has 3 aliphatic rings. The van der Waals surface area contributed by atoms with Crippen molar-refractivity contribution in [3.63, 3.8) is 0 Å². The van der Waals surface area contributed by atoms with Gasteiger partial charge in [-0.2, -0.15) is 4.68 Å². The first-order valence-corrected chi connectivity index (χ1v) is 12.0. The second-order valence-electron chi connectivity index (χ2n) is 9.90. The number of allylic oxidation sites excluding steroid dienone is 2. The van der Waals surface area contributed by atoms with Gasteiger partial charge in [0.1, 0.15) is 6.33 Å². The Morgan fingerprint density at radius 1 is 1.06 bits per heavy atom. The zero-order chi connectivity index (χ0) is 23.0. The van der Waals surface area contributed by atoms with Crippen LogP contribution in [0.4, 0.5) is 0 Å². The Labute approximate surface area is 194 Å². The van der Waals surface area contributed by atoms with Crippen molar-refractivity contribution in [3.8, 4) is 5.82 Å². The molecular formula is C24H33N7O2. The number of ketones is 1. The van der Waals surface area contributed by atoms with E-state index in [0.717, 1.165) is 49.4 Å². The average Bonchev–Trinajstić information content (AvgIpc) is 3.47. The molecule has 33 heavy (non-hydrogen) atoms. The van der Waals surface area contributed by atoms with Crippen LogP contribution in [-0.2, 0) is 4.79 Å². The summed E-state index contributed by atoms with van der Waals surface area (Å²) >= 11 is 0. The molecule has 0 unspecified atom stereocenters. The summed E-state index contributed by atoms with van der Waals surface area (Å²) in [5.74, 6) is 0.972. The minimum Gasteiger partial charge on any atom is -0.387 e. The van der Waals surface area contributed by atoms with Crippen LogP contribution in [0.25, 0.3) is 5.82 Å². The number of likely N-dealkylation sites (tertiary alicyclic amines) is 2. The number of aliphatic hydroxyl groups excluding tert-OH is 1. The second kappa shape index (κ2) is 8.95. The number of tetrazole rings is 1. The molecule has 0 amide bonds. The number of nitrogens with zero attached hydrogens (tertiary/aromatic N) is 7. The molecule has 176 valence electrons. The van der Waals surface area contributed by atoms with Gasteiger partial charge in [-0.05, 0) is 80.9 Å². The first-order valence-electron chi connectivity index (χ1n) is 12.0. The standard InChI is InChI=1S/C24H33N7O2/c1-17-20(4-5-21(17)32)30-13-9-24(10-14-30)7-11-29(12-8-24)15-22(33)19-3-6-23(26-18(19)2)31-16-25-27-28-31/h3,6,16,22,33H,4-5,7-15H2,1-2H3/t22-/m0/s1. The van der Waals surface area contributed by atoms with Crippen molar-refractivity contribution in [3.05, 3.63) is 41.0 Å². The van der Waals surface area contributed by atoms with Crippen molar-refractivity contribution >= 4 is 5.78 Å². The van der Waals surface area contributed by atoms with Gasteiger partial charge in [-0.15, -0.1) is 5.10 Å². The number of carbonyl (C=O) groups is 1. The van der Waals surface area contributed by atoms with E-state index >= 15 is 0 Å². The third kappa shape index (κ3) is 4.44. The van der Waals surface area contributed by atoms with Gasteiger partial charge < -0.3 is 14.9 Å². The lowest BCUT2D eigenvalue weighted by atomic mass is 9.71. The lowest BCUT2D eigenvalue weighted by Crippen LogP contribution is -2.47. The minimum atomic E-state index is -0.564. The predicted octanol–water partition coefficient (Wildman–Crippen LogP) is 2.21. The van der Waals surface area contributed by atoms with Crippen LogP contribution in [0.1, 0.15) is 62.8 Å². The largest absolute Gasteiger partial charge is 0.387 e. The molecule has 2 saturated heterocycles. The molecule has 2 fully saturated rings. The highest BCUT2D eigenvalue weighted by Crippen LogP contribution is 2.43. The van der Waals surface area contributed by atoms with Gasteiger partial charge in [-0.1, -0.05) is 6.07 Å². The Morgan fingerprint density at radius 2 is 1.79 bits per heavy atom. The van der Waals surface area contributed by atoms with E-state index in [9.17, 15) is 9.90 Å². The minimum absolute atomic E-state index is 0.327. The summed E-state index contributed by atoms with van der Waals surface area (Å²) in [5, 5.41) is 22.1. The van der Waals surface area contributed by atoms with Gasteiger partial charge in [0.05, 0.1) is 6.10 Å². The number of hydrogen-bond donors (Lipinski definition) is 1. The summed E-state index contributed by atoms with van der Waals surface area (Å²) in [6.07, 6.45) is 7.33. The molecule has 9 nitrogen and oxygen atoms in total. The zero-order valence-corrected chi connectivity index (χ0v) is 19.6. The van der Waals surface area contributed by atoms with Gasteiger partial charge in [0.25, 0.3) is 0 Å². The smallest absolute Gasteiger partial charge is 0.160 e. The molecule has 0 radical (unpaired) electrons. The van der Waals surface area contributed by atoms with Crippen molar-refractivity contribution < 1.29 is 9.90 Å². The highest BCUT2D eigenvalue weighted by molar-refractivity contribution is 5.97. The number of aromatic nitrogens is 5. The lowest BCUT2D eigenvalue weighted by Gasteiger charge is -2.48. The Morgan fingerprint density at radius 3 is 2.39 bits per heavy atom. The van der Waals surface area contributed by atoms with Crippen molar-refractivity contribution in [2.75, 3.05) is 32.7 Å². The maximum Gasteiger partial charge on any atom is 0.160 e. The number of Topliss-reactive ketones (excluding diaryl/α,β-unsaturated/α-hetero) is 1. The molecular weight excluding hydrogens is 418 g/mol. The Hall–Kier alpha value is -2.65. The van der Waals surface area contributed by atoms with Crippen LogP contribution in [0.3, 0.4) is 0 Å². The van der Waals surface area contributed by atoms with E-state index in [1.165, 1.54) is 42.4 Å². The fraction of sp³-hybridized carbons (Fsp3) is 0.625. The van der Waals surface area contributed by atoms with E-state index in [2.05, 4.69) is 30.3 Å². The van der Waals surface area contributed by atoms with E-state index in [1.54, 1.807) is 0 Å². The summed E-state index contributed by atoms with van der Waals surface area (Å²) in [7, 11) is 0. The van der Waals surface area contributed by atoms with E-state index < -0.39 is 6.10 Å². The second-order valence-corrected chi connectivity index (χ2v) is 9.90. The van der Waals surface area contributed by atoms with E-state index in [1.807, 2.05) is 26.0 Å². The van der Waals surface area contributed by atoms with Crippen LogP contribution in [0.5, 0.6) is 0 Å². The summed E-state index contributed by atoms with van der Waals surface area (Å²) in [5.41, 5.74) is 4.36. The number of rotatable bonds is 5. The summed E-state index contributed by atoms with van der Waals surface area (Å²) < 4.78 is 1.51. The monoisotopic (exact) mass is 451 g/mol. The number of carbonyl (C=O) groups excluding carboxylic acids is 1. The fourth-order valence-corrected chi connectivity index (χ4v) is 5.77. The topological polar surface area (TPSA) is 100 Å². The molecule has 2 aromatic heterocycles. The summed E-state index contributed by atoms with van der Waals surface area (Å²) in [6.45, 7) is 8.72. The molecule has 0 aromatic carbocycles. The van der Waals surface area contributed by atoms with Crippen molar-refractivity contribution in [2.45, 2.75) is 58.5 Å². The predicted molar refractivity (Wildman–Crippen MR) is 123 cm³/mol. The molecule has 9 heteroatoms. The number of aryl methyl sites for hydroxylation is 1. The van der Waals surface area contributed by atoms with Crippen molar-refractivity contribution in [1.82, 2.24) is 35.0 Å². The molecule has 0 bridgehead atoms. The molecule has 0 saturated carbocycles. The van der Waals surface area contributed by atoms with Gasteiger partial charge in [-0.3, -0.25) is 4.79 Å². The molecule has 5 rings (SSSR count). The van der Waals surface area contributed by atoms with Crippen LogP contribution in [0.2, 0.25) is 0 Å². The molecule has 1 aliphatic carbocycles. The van der Waals surface area contributed by atoms with Crippen LogP contribution in [0, 0.1) is 12.3 Å². The number of aliphatic hydroxyl groups is 1. The third-order valence-electron chi connectivity index (χ3n) is 8.05. The lowest BCUT2D eigenvalue weighted by molar-refractivity contribution is -0.114. The van der Waals surface area contributed by atoms with Crippen molar-refractivity contribution in [2.24, 2.45) is 5.41 Å². The Bertz CT molecular complexity index is 1030. The highest BCUT2D eigenvalue weighted by atomic mass is 16.3. The van der Waals surface area contributed by atoms with Gasteiger partial charge in [0.15, 0.2) is 11.6 Å². The van der Waals surface area contributed by atoms with Gasteiger partial charge in [0.2, 0.25) is 0 Å². The zero-order valence-electron chi connectivity index (χ0n) is 19.6. The number of hydrogen-bond acceptors (Lipinski definition) is 8. The maximum atomic E-state index is 11.9. The molecule has 1 atom stereocenters. The highest BCUT2D eigenvalue weighted by Gasteiger charge is 2.39. The maximum absolute atomic E-state index is 11.9. The number of pyridine rings is 1. The van der Waals surface area contributed by atoms with Gasteiger partial charge in [0, 0.05) is 48.6 Å². The third-order valence-corrected chi connectivity index (χ3v) is 8.05. The fourth-order valence-electron chi connectivity index (χ4n) is 5.77. The number of piperidine rings is 2. The molecule has 2 aliphatic heterocycles. The summed E-state index contributed by atoms with van der Waals surface area (Å²) in [6, 6.07) is 3.77. The van der Waals surface area contributed by atoms with Gasteiger partial charge >= 0.3 is 0 Å². The van der Waals surface area contributed by atoms with Gasteiger partial charge in [-0.25, -0.2) is 4.98 Å². The van der Waals surface area contributed by atoms with Crippen LogP contribution >= 0.6 is 0 Å². The average molecular weight is 452 g/mol. The van der Waals surface area contributed by atoms with Crippen LogP contribution in [0.15, 0.2) is 29.7 Å². The summed E-state index contributed by atoms with van der Waals surface area (Å²) in [4.78, 5) is 21.3. The van der Waals surface area contributed by atoms with E-state index in [4.69, 9.17) is 0 Å².